The lowest BCUT2D eigenvalue weighted by molar-refractivity contribution is -0.140. The molecule has 0 spiro atoms. The number of esters is 1. The molecule has 1 aliphatic rings. The molecule has 2 rings (SSSR count). The van der Waals surface area contributed by atoms with Gasteiger partial charge in [0.15, 0.2) is 0 Å². The summed E-state index contributed by atoms with van der Waals surface area (Å²) in [7, 11) is 1.40. The Morgan fingerprint density at radius 2 is 1.87 bits per heavy atom. The van der Waals surface area contributed by atoms with Crippen molar-refractivity contribution in [2.45, 2.75) is 81.3 Å². The highest BCUT2D eigenvalue weighted by atomic mass is 32.2. The summed E-state index contributed by atoms with van der Waals surface area (Å²) in [5, 5.41) is 21.2. The van der Waals surface area contributed by atoms with Gasteiger partial charge < -0.3 is 14.9 Å². The van der Waals surface area contributed by atoms with Gasteiger partial charge in [-0.3, -0.25) is 9.59 Å². The van der Waals surface area contributed by atoms with Crippen molar-refractivity contribution in [2.24, 2.45) is 11.8 Å². The van der Waals surface area contributed by atoms with Gasteiger partial charge in [-0.25, -0.2) is 0 Å². The molecule has 0 heterocycles. The van der Waals surface area contributed by atoms with Crippen molar-refractivity contribution < 1.29 is 24.5 Å². The lowest BCUT2D eigenvalue weighted by Gasteiger charge is -2.27. The van der Waals surface area contributed by atoms with E-state index in [0.29, 0.717) is 25.0 Å². The first kappa shape index (κ1) is 24.9. The minimum absolute atomic E-state index is 0.0687. The molecule has 0 saturated heterocycles. The first-order chi connectivity index (χ1) is 14.3. The van der Waals surface area contributed by atoms with Crippen molar-refractivity contribution in [3.8, 4) is 0 Å². The largest absolute Gasteiger partial charge is 0.469 e. The Bertz CT molecular complexity index is 661. The third-order valence-electron chi connectivity index (χ3n) is 6.02. The number of carbonyl (C=O) groups excluding carboxylic acids is 2. The van der Waals surface area contributed by atoms with Crippen LogP contribution in [0.5, 0.6) is 0 Å². The van der Waals surface area contributed by atoms with E-state index in [4.69, 9.17) is 0 Å². The van der Waals surface area contributed by atoms with Crippen LogP contribution < -0.4 is 0 Å². The Balaban J connectivity index is 1.75. The maximum Gasteiger partial charge on any atom is 0.305 e. The second-order valence-electron chi connectivity index (χ2n) is 8.67. The number of Topliss-reactive ketones (excluding diaryl/α,β-unsaturated/α-hetero) is 1. The van der Waals surface area contributed by atoms with Gasteiger partial charge in [-0.1, -0.05) is 37.5 Å². The number of benzene rings is 1. The molecule has 0 aliphatic heterocycles. The van der Waals surface area contributed by atoms with E-state index in [1.54, 1.807) is 11.8 Å². The van der Waals surface area contributed by atoms with Crippen LogP contribution >= 0.6 is 11.8 Å². The number of ether oxygens (including phenoxy) is 1. The molecule has 5 nitrogen and oxygen atoms in total. The highest BCUT2D eigenvalue weighted by Crippen LogP contribution is 2.38. The second kappa shape index (κ2) is 12.5. The van der Waals surface area contributed by atoms with Gasteiger partial charge in [0.2, 0.25) is 0 Å². The van der Waals surface area contributed by atoms with Crippen LogP contribution in [-0.2, 0) is 14.3 Å². The van der Waals surface area contributed by atoms with Gasteiger partial charge in [0, 0.05) is 29.4 Å². The van der Waals surface area contributed by atoms with Gasteiger partial charge in [-0.2, -0.15) is 0 Å². The molecule has 1 fully saturated rings. The van der Waals surface area contributed by atoms with E-state index in [1.165, 1.54) is 7.11 Å². The molecule has 1 saturated carbocycles. The van der Waals surface area contributed by atoms with Crippen LogP contribution in [0, 0.1) is 11.8 Å². The maximum atomic E-state index is 12.4. The molecule has 1 aromatic rings. The Labute approximate surface area is 184 Å². The van der Waals surface area contributed by atoms with Crippen LogP contribution in [0.4, 0.5) is 0 Å². The van der Waals surface area contributed by atoms with Crippen LogP contribution in [0.15, 0.2) is 35.2 Å². The molecule has 1 aromatic carbocycles. The van der Waals surface area contributed by atoms with Gasteiger partial charge in [-0.05, 0) is 50.7 Å². The smallest absolute Gasteiger partial charge is 0.305 e. The van der Waals surface area contributed by atoms with Gasteiger partial charge >= 0.3 is 5.97 Å². The number of ketones is 1. The number of aliphatic hydroxyl groups is 2. The molecule has 168 valence electrons. The maximum absolute atomic E-state index is 12.4. The molecule has 2 N–H and O–H groups in total. The van der Waals surface area contributed by atoms with Crippen molar-refractivity contribution in [1.29, 1.82) is 0 Å². The Kier molecular flexibility index (Phi) is 10.4. The van der Waals surface area contributed by atoms with E-state index in [-0.39, 0.29) is 30.0 Å². The standard InChI is InChI=1S/C24H36O5S/c1-24(28,17-30-18-10-6-5-7-11-18)15-14-20-19(21(25)16-22(20)26)12-8-3-4-9-13-23(27)29-2/h5-7,10-11,19-20,22,26,28H,3-4,8-9,12-17H2,1-2H3/t19?,20-,22-,24?/m1/s1. The summed E-state index contributed by atoms with van der Waals surface area (Å²) >= 11 is 1.62. The Morgan fingerprint density at radius 3 is 2.57 bits per heavy atom. The van der Waals surface area contributed by atoms with E-state index in [1.807, 2.05) is 37.3 Å². The second-order valence-corrected chi connectivity index (χ2v) is 9.72. The van der Waals surface area contributed by atoms with Crippen molar-refractivity contribution in [3.63, 3.8) is 0 Å². The quantitative estimate of drug-likeness (QED) is 0.271. The number of thioether (sulfide) groups is 1. The zero-order chi connectivity index (χ0) is 22.0. The summed E-state index contributed by atoms with van der Waals surface area (Å²) in [6, 6.07) is 10.00. The minimum atomic E-state index is -0.843. The average molecular weight is 437 g/mol. The normalized spacial score (nSPS) is 23.3. The fourth-order valence-corrected chi connectivity index (χ4v) is 5.15. The van der Waals surface area contributed by atoms with Crippen LogP contribution in [0.2, 0.25) is 0 Å². The van der Waals surface area contributed by atoms with Crippen molar-refractivity contribution in [2.75, 3.05) is 12.9 Å². The summed E-state index contributed by atoms with van der Waals surface area (Å²) in [5.41, 5.74) is -0.843. The van der Waals surface area contributed by atoms with Gasteiger partial charge in [-0.15, -0.1) is 11.8 Å². The third kappa shape index (κ3) is 8.40. The fourth-order valence-electron chi connectivity index (χ4n) is 4.18. The summed E-state index contributed by atoms with van der Waals surface area (Å²) in [6.07, 6.45) is 5.71. The summed E-state index contributed by atoms with van der Waals surface area (Å²) in [5.74, 6) is 0.375. The summed E-state index contributed by atoms with van der Waals surface area (Å²) in [6.45, 7) is 1.84. The van der Waals surface area contributed by atoms with Gasteiger partial charge in [0.1, 0.15) is 5.78 Å². The van der Waals surface area contributed by atoms with Crippen LogP contribution in [0.25, 0.3) is 0 Å². The number of unbranched alkanes of at least 4 members (excludes halogenated alkanes) is 3. The van der Waals surface area contributed by atoms with E-state index >= 15 is 0 Å². The molecule has 1 aliphatic carbocycles. The summed E-state index contributed by atoms with van der Waals surface area (Å²) < 4.78 is 4.64. The highest BCUT2D eigenvalue weighted by molar-refractivity contribution is 7.99. The van der Waals surface area contributed by atoms with Gasteiger partial charge in [0.25, 0.3) is 0 Å². The monoisotopic (exact) mass is 436 g/mol. The molecule has 0 aromatic heterocycles. The van der Waals surface area contributed by atoms with Crippen LogP contribution in [-0.4, -0.2) is 46.5 Å². The lowest BCUT2D eigenvalue weighted by atomic mass is 9.83. The zero-order valence-corrected chi connectivity index (χ0v) is 19.0. The molecule has 0 radical (unpaired) electrons. The molecule has 30 heavy (non-hydrogen) atoms. The Morgan fingerprint density at radius 1 is 1.17 bits per heavy atom. The number of methoxy groups -OCH3 is 1. The fraction of sp³-hybridized carbons (Fsp3) is 0.667. The number of hydrogen-bond donors (Lipinski definition) is 2. The van der Waals surface area contributed by atoms with E-state index in [2.05, 4.69) is 4.74 Å². The molecular formula is C24H36O5S. The number of aliphatic hydroxyl groups excluding tert-OH is 1. The van der Waals surface area contributed by atoms with E-state index < -0.39 is 11.7 Å². The topological polar surface area (TPSA) is 83.8 Å². The lowest BCUT2D eigenvalue weighted by Crippen LogP contribution is -2.30. The molecule has 0 bridgehead atoms. The van der Waals surface area contributed by atoms with E-state index in [9.17, 15) is 19.8 Å². The number of carbonyl (C=O) groups is 2. The minimum Gasteiger partial charge on any atom is -0.469 e. The third-order valence-corrected chi connectivity index (χ3v) is 7.39. The number of rotatable bonds is 13. The van der Waals surface area contributed by atoms with E-state index in [0.717, 1.165) is 37.0 Å². The predicted octanol–water partition coefficient (Wildman–Crippen LogP) is 4.39. The molecule has 4 atom stereocenters. The predicted molar refractivity (Wildman–Crippen MR) is 119 cm³/mol. The van der Waals surface area contributed by atoms with Crippen molar-refractivity contribution in [3.05, 3.63) is 30.3 Å². The highest BCUT2D eigenvalue weighted by Gasteiger charge is 2.41. The van der Waals surface area contributed by atoms with Crippen LogP contribution in [0.3, 0.4) is 0 Å². The van der Waals surface area contributed by atoms with Crippen LogP contribution in [0.1, 0.15) is 64.7 Å². The molecule has 6 heteroatoms. The SMILES string of the molecule is COC(=O)CCCCCCC1C(=O)C[C@@H](O)[C@@H]1CCC(C)(O)CSc1ccccc1. The molecular weight excluding hydrogens is 400 g/mol. The average Bonchev–Trinajstić information content (AvgIpc) is 3.00. The first-order valence-corrected chi connectivity index (χ1v) is 12.0. The molecule has 0 amide bonds. The zero-order valence-electron chi connectivity index (χ0n) is 18.2. The first-order valence-electron chi connectivity index (χ1n) is 11.0. The van der Waals surface area contributed by atoms with Crippen molar-refractivity contribution >= 4 is 23.5 Å². The Hall–Kier alpha value is -1.37. The molecule has 2 unspecified atom stereocenters. The summed E-state index contributed by atoms with van der Waals surface area (Å²) in [4.78, 5) is 24.7. The number of hydrogen-bond acceptors (Lipinski definition) is 6. The van der Waals surface area contributed by atoms with Crippen molar-refractivity contribution in [1.82, 2.24) is 0 Å². The van der Waals surface area contributed by atoms with Gasteiger partial charge in [0.05, 0.1) is 18.8 Å².